The first kappa shape index (κ1) is 12.6. The number of rotatable bonds is 4. The minimum absolute atomic E-state index is 0.155. The molecule has 0 spiro atoms. The SMILES string of the molecule is CCCn1nncc1C(N)c1c(F)cccc1F. The normalized spacial score (nSPS) is 12.7. The first-order valence-electron chi connectivity index (χ1n) is 5.73. The molecule has 18 heavy (non-hydrogen) atoms. The van der Waals surface area contributed by atoms with Crippen LogP contribution in [0.15, 0.2) is 24.4 Å². The van der Waals surface area contributed by atoms with E-state index in [0.29, 0.717) is 12.2 Å². The fourth-order valence-electron chi connectivity index (χ4n) is 1.85. The summed E-state index contributed by atoms with van der Waals surface area (Å²) in [6.07, 6.45) is 2.27. The molecule has 0 aliphatic heterocycles. The van der Waals surface area contributed by atoms with Crippen molar-refractivity contribution in [3.8, 4) is 0 Å². The molecule has 1 atom stereocenters. The van der Waals surface area contributed by atoms with Crippen molar-refractivity contribution in [2.24, 2.45) is 5.73 Å². The first-order valence-corrected chi connectivity index (χ1v) is 5.73. The van der Waals surface area contributed by atoms with Gasteiger partial charge in [-0.25, -0.2) is 13.5 Å². The molecule has 0 aliphatic rings. The number of benzene rings is 1. The second-order valence-electron chi connectivity index (χ2n) is 4.00. The Morgan fingerprint density at radius 2 is 2.00 bits per heavy atom. The van der Waals surface area contributed by atoms with Crippen LogP contribution in [-0.4, -0.2) is 15.0 Å². The number of aryl methyl sites for hydroxylation is 1. The minimum atomic E-state index is -0.909. The van der Waals surface area contributed by atoms with Crippen molar-refractivity contribution in [2.45, 2.75) is 25.9 Å². The molecule has 0 fully saturated rings. The zero-order valence-corrected chi connectivity index (χ0v) is 9.98. The fourth-order valence-corrected chi connectivity index (χ4v) is 1.85. The quantitative estimate of drug-likeness (QED) is 0.905. The van der Waals surface area contributed by atoms with Gasteiger partial charge in [-0.05, 0) is 18.6 Å². The third kappa shape index (κ3) is 2.24. The summed E-state index contributed by atoms with van der Waals surface area (Å²) in [7, 11) is 0. The lowest BCUT2D eigenvalue weighted by molar-refractivity contribution is 0.511. The average Bonchev–Trinajstić information content (AvgIpc) is 2.77. The standard InChI is InChI=1S/C12H14F2N4/c1-2-6-18-10(7-16-17-18)12(15)11-8(13)4-3-5-9(11)14/h3-5,7,12H,2,6,15H2,1H3. The summed E-state index contributed by atoms with van der Waals surface area (Å²) in [6.45, 7) is 2.58. The van der Waals surface area contributed by atoms with E-state index in [0.717, 1.165) is 6.42 Å². The van der Waals surface area contributed by atoms with E-state index in [1.807, 2.05) is 6.92 Å². The van der Waals surface area contributed by atoms with Gasteiger partial charge in [-0.2, -0.15) is 0 Å². The van der Waals surface area contributed by atoms with Gasteiger partial charge in [-0.3, -0.25) is 0 Å². The molecule has 0 aliphatic carbocycles. The van der Waals surface area contributed by atoms with Gasteiger partial charge in [-0.15, -0.1) is 5.10 Å². The predicted molar refractivity (Wildman–Crippen MR) is 62.7 cm³/mol. The molecule has 0 bridgehead atoms. The largest absolute Gasteiger partial charge is 0.319 e. The van der Waals surface area contributed by atoms with E-state index in [9.17, 15) is 8.78 Å². The summed E-state index contributed by atoms with van der Waals surface area (Å²) in [5, 5.41) is 7.59. The molecule has 96 valence electrons. The van der Waals surface area contributed by atoms with Gasteiger partial charge in [0, 0.05) is 12.1 Å². The summed E-state index contributed by atoms with van der Waals surface area (Å²) in [4.78, 5) is 0. The Hall–Kier alpha value is -1.82. The smallest absolute Gasteiger partial charge is 0.131 e. The molecule has 6 heteroatoms. The third-order valence-electron chi connectivity index (χ3n) is 2.71. The van der Waals surface area contributed by atoms with Gasteiger partial charge in [0.25, 0.3) is 0 Å². The fraction of sp³-hybridized carbons (Fsp3) is 0.333. The maximum absolute atomic E-state index is 13.6. The summed E-state index contributed by atoms with van der Waals surface area (Å²) >= 11 is 0. The highest BCUT2D eigenvalue weighted by Gasteiger charge is 2.21. The molecule has 4 nitrogen and oxygen atoms in total. The van der Waals surface area contributed by atoms with Crippen molar-refractivity contribution < 1.29 is 8.78 Å². The lowest BCUT2D eigenvalue weighted by Crippen LogP contribution is -2.20. The van der Waals surface area contributed by atoms with Gasteiger partial charge >= 0.3 is 0 Å². The van der Waals surface area contributed by atoms with Gasteiger partial charge in [0.1, 0.15) is 11.6 Å². The Kier molecular flexibility index (Phi) is 3.66. The summed E-state index contributed by atoms with van der Waals surface area (Å²) in [5.74, 6) is -1.32. The highest BCUT2D eigenvalue weighted by molar-refractivity contribution is 5.29. The van der Waals surface area contributed by atoms with E-state index in [4.69, 9.17) is 5.73 Å². The van der Waals surface area contributed by atoms with Gasteiger partial charge in [0.05, 0.1) is 17.9 Å². The Labute approximate surface area is 103 Å². The molecule has 2 rings (SSSR count). The van der Waals surface area contributed by atoms with Crippen LogP contribution in [-0.2, 0) is 6.54 Å². The molecule has 0 radical (unpaired) electrons. The molecule has 2 aromatic rings. The van der Waals surface area contributed by atoms with Crippen LogP contribution < -0.4 is 5.73 Å². The molecule has 1 aromatic carbocycles. The second kappa shape index (κ2) is 5.22. The molecule has 0 saturated carbocycles. The predicted octanol–water partition coefficient (Wildman–Crippen LogP) is 2.01. The van der Waals surface area contributed by atoms with Crippen LogP contribution in [0.1, 0.15) is 30.6 Å². The summed E-state index contributed by atoms with van der Waals surface area (Å²) in [5.41, 5.74) is 6.26. The lowest BCUT2D eigenvalue weighted by atomic mass is 10.0. The van der Waals surface area contributed by atoms with Gasteiger partial charge < -0.3 is 5.73 Å². The molecule has 1 unspecified atom stereocenters. The molecular weight excluding hydrogens is 238 g/mol. The first-order chi connectivity index (χ1) is 8.65. The van der Waals surface area contributed by atoms with Crippen LogP contribution in [0.2, 0.25) is 0 Å². The van der Waals surface area contributed by atoms with Crippen molar-refractivity contribution >= 4 is 0 Å². The Morgan fingerprint density at radius 1 is 1.33 bits per heavy atom. The van der Waals surface area contributed by atoms with E-state index < -0.39 is 17.7 Å². The van der Waals surface area contributed by atoms with Crippen molar-refractivity contribution in [3.63, 3.8) is 0 Å². The number of hydrogen-bond acceptors (Lipinski definition) is 3. The van der Waals surface area contributed by atoms with E-state index in [2.05, 4.69) is 10.3 Å². The molecule has 1 heterocycles. The Morgan fingerprint density at radius 3 is 2.61 bits per heavy atom. The number of halogens is 2. The third-order valence-corrected chi connectivity index (χ3v) is 2.71. The molecule has 0 amide bonds. The molecule has 2 N–H and O–H groups in total. The van der Waals surface area contributed by atoms with Crippen LogP contribution in [0, 0.1) is 11.6 Å². The van der Waals surface area contributed by atoms with E-state index >= 15 is 0 Å². The van der Waals surface area contributed by atoms with Crippen molar-refractivity contribution in [1.82, 2.24) is 15.0 Å². The Bertz CT molecular complexity index is 518. The van der Waals surface area contributed by atoms with Crippen LogP contribution in [0.25, 0.3) is 0 Å². The van der Waals surface area contributed by atoms with Crippen LogP contribution in [0.3, 0.4) is 0 Å². The second-order valence-corrected chi connectivity index (χ2v) is 4.00. The van der Waals surface area contributed by atoms with Crippen molar-refractivity contribution in [2.75, 3.05) is 0 Å². The van der Waals surface area contributed by atoms with E-state index in [1.165, 1.54) is 24.4 Å². The highest BCUT2D eigenvalue weighted by atomic mass is 19.1. The van der Waals surface area contributed by atoms with E-state index in [1.54, 1.807) is 4.68 Å². The molecule has 0 saturated heterocycles. The van der Waals surface area contributed by atoms with Crippen molar-refractivity contribution in [1.29, 1.82) is 0 Å². The molecular formula is C12H14F2N4. The zero-order valence-electron chi connectivity index (χ0n) is 9.98. The number of hydrogen-bond donors (Lipinski definition) is 1. The number of nitrogens with zero attached hydrogens (tertiary/aromatic N) is 3. The molecule has 1 aromatic heterocycles. The van der Waals surface area contributed by atoms with Crippen LogP contribution >= 0.6 is 0 Å². The summed E-state index contributed by atoms with van der Waals surface area (Å²) in [6, 6.07) is 2.77. The minimum Gasteiger partial charge on any atom is -0.319 e. The Balaban J connectivity index is 2.41. The number of nitrogens with two attached hydrogens (primary N) is 1. The van der Waals surface area contributed by atoms with Gasteiger partial charge in [0.2, 0.25) is 0 Å². The van der Waals surface area contributed by atoms with Crippen LogP contribution in [0.5, 0.6) is 0 Å². The monoisotopic (exact) mass is 252 g/mol. The van der Waals surface area contributed by atoms with Gasteiger partial charge in [-0.1, -0.05) is 18.2 Å². The highest BCUT2D eigenvalue weighted by Crippen LogP contribution is 2.24. The summed E-state index contributed by atoms with van der Waals surface area (Å²) < 4.78 is 28.8. The maximum atomic E-state index is 13.6. The zero-order chi connectivity index (χ0) is 13.1. The number of aromatic nitrogens is 3. The average molecular weight is 252 g/mol. The topological polar surface area (TPSA) is 56.7 Å². The van der Waals surface area contributed by atoms with Crippen molar-refractivity contribution in [3.05, 3.63) is 47.3 Å². The van der Waals surface area contributed by atoms with Gasteiger partial charge in [0.15, 0.2) is 0 Å². The van der Waals surface area contributed by atoms with E-state index in [-0.39, 0.29) is 5.56 Å². The maximum Gasteiger partial charge on any atom is 0.131 e. The van der Waals surface area contributed by atoms with Crippen LogP contribution in [0.4, 0.5) is 8.78 Å². The lowest BCUT2D eigenvalue weighted by Gasteiger charge is -2.14.